The maximum Gasteiger partial charge on any atom is 0.323 e. The molecule has 2 amide bonds. The first-order chi connectivity index (χ1) is 11.5. The first-order valence-electron chi connectivity index (χ1n) is 7.89. The quantitative estimate of drug-likeness (QED) is 0.833. The summed E-state index contributed by atoms with van der Waals surface area (Å²) in [6.45, 7) is 0.632. The van der Waals surface area contributed by atoms with Crippen LogP contribution >= 0.6 is 0 Å². The number of rotatable bonds is 6. The number of likely N-dealkylation sites (N-methyl/N-ethyl adjacent to an activating group) is 1. The summed E-state index contributed by atoms with van der Waals surface area (Å²) in [4.78, 5) is 37.9. The minimum absolute atomic E-state index is 0.0262. The molecular weight excluding hydrogens is 312 g/mol. The number of piperidine rings is 1. The number of benzene rings is 1. The first-order valence-corrected chi connectivity index (χ1v) is 7.89. The molecule has 0 saturated carbocycles. The van der Waals surface area contributed by atoms with Crippen molar-refractivity contribution in [3.05, 3.63) is 30.3 Å². The summed E-state index contributed by atoms with van der Waals surface area (Å²) >= 11 is 0. The molecule has 1 N–H and O–H groups in total. The summed E-state index contributed by atoms with van der Waals surface area (Å²) in [5.41, 5.74) is 0. The number of hydrogen-bond donors (Lipinski definition) is 1. The number of carbonyl (C=O) groups excluding carboxylic acids is 2. The van der Waals surface area contributed by atoms with E-state index < -0.39 is 5.97 Å². The minimum Gasteiger partial charge on any atom is -0.484 e. The zero-order chi connectivity index (χ0) is 17.5. The van der Waals surface area contributed by atoms with Crippen LogP contribution in [0, 0.1) is 5.92 Å². The van der Waals surface area contributed by atoms with Gasteiger partial charge in [-0.25, -0.2) is 0 Å². The van der Waals surface area contributed by atoms with E-state index in [1.165, 1.54) is 11.9 Å². The molecule has 7 heteroatoms. The van der Waals surface area contributed by atoms with Crippen LogP contribution in [0.1, 0.15) is 12.8 Å². The number of hydrogen-bond acceptors (Lipinski definition) is 4. The zero-order valence-electron chi connectivity index (χ0n) is 13.7. The first kappa shape index (κ1) is 17.8. The number of carboxylic acids is 1. The van der Waals surface area contributed by atoms with Gasteiger partial charge in [-0.2, -0.15) is 0 Å². The number of amides is 2. The molecular formula is C17H22N2O5. The molecule has 0 aromatic heterocycles. The molecule has 1 heterocycles. The third kappa shape index (κ3) is 4.97. The second kappa shape index (κ2) is 8.33. The van der Waals surface area contributed by atoms with E-state index in [1.807, 2.05) is 18.2 Å². The molecule has 1 saturated heterocycles. The molecule has 24 heavy (non-hydrogen) atoms. The van der Waals surface area contributed by atoms with Crippen LogP contribution in [-0.4, -0.2) is 66.0 Å². The fourth-order valence-electron chi connectivity index (χ4n) is 2.72. The number of para-hydroxylation sites is 1. The molecule has 0 unspecified atom stereocenters. The van der Waals surface area contributed by atoms with E-state index in [9.17, 15) is 14.4 Å². The van der Waals surface area contributed by atoms with Gasteiger partial charge in [-0.3, -0.25) is 14.4 Å². The average molecular weight is 334 g/mol. The van der Waals surface area contributed by atoms with Gasteiger partial charge < -0.3 is 19.6 Å². The Hall–Kier alpha value is -2.57. The Bertz CT molecular complexity index is 582. The summed E-state index contributed by atoms with van der Waals surface area (Å²) < 4.78 is 5.45. The van der Waals surface area contributed by atoms with Crippen LogP contribution in [0.15, 0.2) is 30.3 Å². The van der Waals surface area contributed by atoms with E-state index in [-0.39, 0.29) is 30.9 Å². The predicted molar refractivity (Wildman–Crippen MR) is 86.5 cm³/mol. The lowest BCUT2D eigenvalue weighted by Crippen LogP contribution is -2.45. The molecule has 130 valence electrons. The number of ether oxygens (including phenoxy) is 1. The van der Waals surface area contributed by atoms with Crippen molar-refractivity contribution in [2.24, 2.45) is 5.92 Å². The third-order valence-corrected chi connectivity index (χ3v) is 4.05. The maximum absolute atomic E-state index is 12.2. The Balaban J connectivity index is 1.76. The van der Waals surface area contributed by atoms with Crippen LogP contribution in [0.4, 0.5) is 0 Å². The Kier molecular flexibility index (Phi) is 6.17. The molecule has 0 aliphatic carbocycles. The van der Waals surface area contributed by atoms with Gasteiger partial charge in [-0.15, -0.1) is 0 Å². The third-order valence-electron chi connectivity index (χ3n) is 4.05. The second-order valence-electron chi connectivity index (χ2n) is 5.84. The molecule has 1 aliphatic rings. The number of carbonyl (C=O) groups is 3. The average Bonchev–Trinajstić information content (AvgIpc) is 2.59. The summed E-state index contributed by atoms with van der Waals surface area (Å²) in [5.74, 6) is -0.898. The summed E-state index contributed by atoms with van der Waals surface area (Å²) in [6.07, 6.45) is 1.08. The molecule has 0 radical (unpaired) electrons. The van der Waals surface area contributed by atoms with Crippen LogP contribution in [0.2, 0.25) is 0 Å². The number of nitrogens with zero attached hydrogens (tertiary/aromatic N) is 2. The van der Waals surface area contributed by atoms with Gasteiger partial charge in [0.25, 0.3) is 5.91 Å². The summed E-state index contributed by atoms with van der Waals surface area (Å²) in [7, 11) is 1.49. The smallest absolute Gasteiger partial charge is 0.323 e. The molecule has 1 aliphatic heterocycles. The van der Waals surface area contributed by atoms with E-state index in [4.69, 9.17) is 9.84 Å². The Morgan fingerprint density at radius 3 is 2.42 bits per heavy atom. The van der Waals surface area contributed by atoms with E-state index >= 15 is 0 Å². The Labute approximate surface area is 140 Å². The molecule has 1 fully saturated rings. The van der Waals surface area contributed by atoms with Crippen molar-refractivity contribution >= 4 is 17.8 Å². The SMILES string of the molecule is CN(CC(=O)O)C(=O)C1CCN(C(=O)COc2ccccc2)CC1. The van der Waals surface area contributed by atoms with Gasteiger partial charge in [0.05, 0.1) is 0 Å². The van der Waals surface area contributed by atoms with Gasteiger partial charge in [0, 0.05) is 26.1 Å². The van der Waals surface area contributed by atoms with Crippen LogP contribution in [-0.2, 0) is 14.4 Å². The van der Waals surface area contributed by atoms with E-state index in [2.05, 4.69) is 0 Å². The Morgan fingerprint density at radius 1 is 1.21 bits per heavy atom. The molecule has 7 nitrogen and oxygen atoms in total. The summed E-state index contributed by atoms with van der Waals surface area (Å²) in [5, 5.41) is 8.74. The van der Waals surface area contributed by atoms with E-state index in [0.717, 1.165) is 0 Å². The van der Waals surface area contributed by atoms with Gasteiger partial charge in [-0.05, 0) is 25.0 Å². The largest absolute Gasteiger partial charge is 0.484 e. The van der Waals surface area contributed by atoms with Gasteiger partial charge in [0.1, 0.15) is 12.3 Å². The van der Waals surface area contributed by atoms with Crippen molar-refractivity contribution in [2.75, 3.05) is 33.3 Å². The number of aliphatic carboxylic acids is 1. The van der Waals surface area contributed by atoms with Crippen molar-refractivity contribution in [3.8, 4) is 5.75 Å². The van der Waals surface area contributed by atoms with Crippen LogP contribution < -0.4 is 4.74 Å². The lowest BCUT2D eigenvalue weighted by atomic mass is 9.95. The summed E-state index contributed by atoms with van der Waals surface area (Å²) in [6, 6.07) is 9.12. The topological polar surface area (TPSA) is 87.2 Å². The highest BCUT2D eigenvalue weighted by atomic mass is 16.5. The predicted octanol–water partition coefficient (Wildman–Crippen LogP) is 0.847. The monoisotopic (exact) mass is 334 g/mol. The maximum atomic E-state index is 12.2. The highest BCUT2D eigenvalue weighted by Gasteiger charge is 2.29. The fraction of sp³-hybridized carbons (Fsp3) is 0.471. The van der Waals surface area contributed by atoms with E-state index in [0.29, 0.717) is 31.7 Å². The fourth-order valence-corrected chi connectivity index (χ4v) is 2.72. The molecule has 2 rings (SSSR count). The van der Waals surface area contributed by atoms with E-state index in [1.54, 1.807) is 17.0 Å². The molecule has 1 aromatic rings. The van der Waals surface area contributed by atoms with Crippen LogP contribution in [0.25, 0.3) is 0 Å². The molecule has 0 bridgehead atoms. The Morgan fingerprint density at radius 2 is 1.83 bits per heavy atom. The lowest BCUT2D eigenvalue weighted by Gasteiger charge is -2.32. The van der Waals surface area contributed by atoms with Gasteiger partial charge in [-0.1, -0.05) is 18.2 Å². The van der Waals surface area contributed by atoms with Crippen LogP contribution in [0.5, 0.6) is 5.75 Å². The highest BCUT2D eigenvalue weighted by molar-refractivity contribution is 5.83. The number of carboxylic acid groups (broad SMARTS) is 1. The van der Waals surface area contributed by atoms with Gasteiger partial charge in [0.15, 0.2) is 6.61 Å². The van der Waals surface area contributed by atoms with Gasteiger partial charge >= 0.3 is 5.97 Å². The van der Waals surface area contributed by atoms with Crippen molar-refractivity contribution in [3.63, 3.8) is 0 Å². The standard InChI is InChI=1S/C17H22N2O5/c1-18(11-16(21)22)17(23)13-7-9-19(10-8-13)15(20)12-24-14-5-3-2-4-6-14/h2-6,13H,7-12H2,1H3,(H,21,22). The number of likely N-dealkylation sites (tertiary alicyclic amines) is 1. The normalized spacial score (nSPS) is 15.0. The van der Waals surface area contributed by atoms with Crippen molar-refractivity contribution < 1.29 is 24.2 Å². The van der Waals surface area contributed by atoms with Crippen molar-refractivity contribution in [1.82, 2.24) is 9.80 Å². The highest BCUT2D eigenvalue weighted by Crippen LogP contribution is 2.19. The second-order valence-corrected chi connectivity index (χ2v) is 5.84. The lowest BCUT2D eigenvalue weighted by molar-refractivity contribution is -0.146. The minimum atomic E-state index is -1.03. The molecule has 0 atom stereocenters. The van der Waals surface area contributed by atoms with Crippen molar-refractivity contribution in [1.29, 1.82) is 0 Å². The zero-order valence-corrected chi connectivity index (χ0v) is 13.7. The van der Waals surface area contributed by atoms with Crippen molar-refractivity contribution in [2.45, 2.75) is 12.8 Å². The van der Waals surface area contributed by atoms with Crippen LogP contribution in [0.3, 0.4) is 0 Å². The molecule has 1 aromatic carbocycles. The molecule has 0 spiro atoms. The van der Waals surface area contributed by atoms with Gasteiger partial charge in [0.2, 0.25) is 5.91 Å².